The summed E-state index contributed by atoms with van der Waals surface area (Å²) in [6.45, 7) is 0.816. The van der Waals surface area contributed by atoms with Gasteiger partial charge in [-0.2, -0.15) is 0 Å². The summed E-state index contributed by atoms with van der Waals surface area (Å²) in [6.07, 6.45) is 3.47. The monoisotopic (exact) mass is 225 g/mol. The molecule has 0 aliphatic rings. The van der Waals surface area contributed by atoms with Crippen molar-refractivity contribution < 1.29 is 9.31 Å². The van der Waals surface area contributed by atoms with Gasteiger partial charge < -0.3 is 11.1 Å². The van der Waals surface area contributed by atoms with Crippen LogP contribution in [-0.2, 0) is 0 Å². The lowest BCUT2D eigenvalue weighted by molar-refractivity contribution is -0.384. The second-order valence-corrected chi connectivity index (χ2v) is 3.01. The van der Waals surface area contributed by atoms with Crippen molar-refractivity contribution in [1.82, 2.24) is 0 Å². The van der Waals surface area contributed by atoms with E-state index in [1.54, 1.807) is 12.2 Å². The minimum atomic E-state index is -0.630. The number of nitrogens with two attached hydrogens (primary N) is 1. The SMILES string of the molecule is NC/C=C/CNc1ccc(F)cc1[N+](=O)[O-]. The molecule has 6 heteroatoms. The highest BCUT2D eigenvalue weighted by atomic mass is 19.1. The number of hydrogen-bond donors (Lipinski definition) is 2. The highest BCUT2D eigenvalue weighted by Crippen LogP contribution is 2.24. The van der Waals surface area contributed by atoms with Crippen molar-refractivity contribution in [3.8, 4) is 0 Å². The third-order valence-electron chi connectivity index (χ3n) is 1.87. The van der Waals surface area contributed by atoms with Crippen molar-refractivity contribution >= 4 is 11.4 Å². The van der Waals surface area contributed by atoms with Gasteiger partial charge >= 0.3 is 0 Å². The van der Waals surface area contributed by atoms with Crippen molar-refractivity contribution in [2.45, 2.75) is 0 Å². The molecule has 0 radical (unpaired) electrons. The first-order valence-corrected chi connectivity index (χ1v) is 4.68. The summed E-state index contributed by atoms with van der Waals surface area (Å²) in [5.41, 5.74) is 5.24. The highest BCUT2D eigenvalue weighted by molar-refractivity contribution is 5.61. The summed E-state index contributed by atoms with van der Waals surface area (Å²) in [4.78, 5) is 10.00. The van der Waals surface area contributed by atoms with Crippen LogP contribution in [0.5, 0.6) is 0 Å². The Morgan fingerprint density at radius 3 is 2.88 bits per heavy atom. The van der Waals surface area contributed by atoms with Crippen LogP contribution >= 0.6 is 0 Å². The Morgan fingerprint density at radius 2 is 2.25 bits per heavy atom. The van der Waals surface area contributed by atoms with E-state index in [1.165, 1.54) is 12.1 Å². The third kappa shape index (κ3) is 3.32. The molecule has 0 bridgehead atoms. The quantitative estimate of drug-likeness (QED) is 0.453. The van der Waals surface area contributed by atoms with Gasteiger partial charge in [0.05, 0.1) is 11.0 Å². The maximum atomic E-state index is 12.8. The Bertz CT molecular complexity index is 407. The molecule has 86 valence electrons. The Morgan fingerprint density at radius 1 is 1.50 bits per heavy atom. The normalized spacial score (nSPS) is 10.6. The van der Waals surface area contributed by atoms with Gasteiger partial charge in [0.25, 0.3) is 5.69 Å². The lowest BCUT2D eigenvalue weighted by Crippen LogP contribution is -2.03. The van der Waals surface area contributed by atoms with Crippen molar-refractivity contribution in [1.29, 1.82) is 0 Å². The molecule has 0 unspecified atom stereocenters. The summed E-state index contributed by atoms with van der Waals surface area (Å²) in [6, 6.07) is 3.39. The molecule has 0 aliphatic heterocycles. The highest BCUT2D eigenvalue weighted by Gasteiger charge is 2.13. The van der Waals surface area contributed by atoms with Crippen LogP contribution in [0, 0.1) is 15.9 Å². The predicted octanol–water partition coefficient (Wildman–Crippen LogP) is 1.66. The van der Waals surface area contributed by atoms with Crippen LogP contribution in [0.15, 0.2) is 30.4 Å². The summed E-state index contributed by atoms with van der Waals surface area (Å²) in [5.74, 6) is -0.630. The maximum Gasteiger partial charge on any atom is 0.295 e. The lowest BCUT2D eigenvalue weighted by atomic mass is 10.2. The number of halogens is 1. The Hall–Kier alpha value is -1.95. The summed E-state index contributed by atoms with van der Waals surface area (Å²) in [5, 5.41) is 13.4. The second-order valence-electron chi connectivity index (χ2n) is 3.01. The summed E-state index contributed by atoms with van der Waals surface area (Å²) in [7, 11) is 0. The lowest BCUT2D eigenvalue weighted by Gasteiger charge is -2.04. The number of hydrogen-bond acceptors (Lipinski definition) is 4. The zero-order valence-corrected chi connectivity index (χ0v) is 8.52. The molecule has 0 atom stereocenters. The third-order valence-corrected chi connectivity index (χ3v) is 1.87. The van der Waals surface area contributed by atoms with Crippen molar-refractivity contribution in [2.75, 3.05) is 18.4 Å². The van der Waals surface area contributed by atoms with Crippen molar-refractivity contribution in [2.24, 2.45) is 5.73 Å². The maximum absolute atomic E-state index is 12.8. The van der Waals surface area contributed by atoms with Crippen LogP contribution in [0.1, 0.15) is 0 Å². The first-order valence-electron chi connectivity index (χ1n) is 4.68. The molecule has 3 N–H and O–H groups in total. The number of benzene rings is 1. The van der Waals surface area contributed by atoms with E-state index in [0.29, 0.717) is 13.1 Å². The van der Waals surface area contributed by atoms with Gasteiger partial charge in [0.15, 0.2) is 0 Å². The van der Waals surface area contributed by atoms with E-state index >= 15 is 0 Å². The molecule has 0 aliphatic carbocycles. The van der Waals surface area contributed by atoms with Crippen LogP contribution in [0.3, 0.4) is 0 Å². The number of nitro benzene ring substituents is 1. The summed E-state index contributed by atoms with van der Waals surface area (Å²) < 4.78 is 12.8. The van der Waals surface area contributed by atoms with Gasteiger partial charge in [-0.25, -0.2) is 4.39 Å². The van der Waals surface area contributed by atoms with Crippen LogP contribution in [0.25, 0.3) is 0 Å². The number of rotatable bonds is 5. The van der Waals surface area contributed by atoms with Gasteiger partial charge in [-0.15, -0.1) is 0 Å². The van der Waals surface area contributed by atoms with Crippen molar-refractivity contribution in [3.05, 3.63) is 46.3 Å². The van der Waals surface area contributed by atoms with E-state index in [1.807, 2.05) is 0 Å². The van der Waals surface area contributed by atoms with Crippen LogP contribution in [-0.4, -0.2) is 18.0 Å². The molecule has 0 fully saturated rings. The Labute approximate surface area is 91.9 Å². The summed E-state index contributed by atoms with van der Waals surface area (Å²) >= 11 is 0. The van der Waals surface area contributed by atoms with Gasteiger partial charge in [-0.1, -0.05) is 12.2 Å². The Balaban J connectivity index is 2.78. The number of nitro groups is 1. The molecular weight excluding hydrogens is 213 g/mol. The van der Waals surface area contributed by atoms with Crippen LogP contribution in [0.4, 0.5) is 15.8 Å². The fourth-order valence-electron chi connectivity index (χ4n) is 1.15. The van der Waals surface area contributed by atoms with E-state index in [-0.39, 0.29) is 11.4 Å². The first-order chi connectivity index (χ1) is 7.65. The molecule has 16 heavy (non-hydrogen) atoms. The molecule has 0 heterocycles. The average molecular weight is 225 g/mol. The molecule has 5 nitrogen and oxygen atoms in total. The molecule has 0 saturated heterocycles. The molecule has 0 saturated carbocycles. The fraction of sp³-hybridized carbons (Fsp3) is 0.200. The van der Waals surface area contributed by atoms with E-state index in [4.69, 9.17) is 5.73 Å². The smallest absolute Gasteiger partial charge is 0.295 e. The van der Waals surface area contributed by atoms with Gasteiger partial charge in [0.2, 0.25) is 0 Å². The fourth-order valence-corrected chi connectivity index (χ4v) is 1.15. The van der Waals surface area contributed by atoms with Crippen molar-refractivity contribution in [3.63, 3.8) is 0 Å². The number of anilines is 1. The Kier molecular flexibility index (Phi) is 4.41. The van der Waals surface area contributed by atoms with Gasteiger partial charge in [-0.3, -0.25) is 10.1 Å². The molecule has 1 rings (SSSR count). The number of nitrogens with one attached hydrogen (secondary N) is 1. The molecule has 1 aromatic rings. The van der Waals surface area contributed by atoms with Crippen LogP contribution < -0.4 is 11.1 Å². The molecule has 1 aromatic carbocycles. The van der Waals surface area contributed by atoms with E-state index in [2.05, 4.69) is 5.32 Å². The topological polar surface area (TPSA) is 81.2 Å². The molecule has 0 amide bonds. The van der Waals surface area contributed by atoms with Gasteiger partial charge in [-0.05, 0) is 12.1 Å². The predicted molar refractivity (Wildman–Crippen MR) is 59.7 cm³/mol. The van der Waals surface area contributed by atoms with Gasteiger partial charge in [0, 0.05) is 13.1 Å². The molecular formula is C10H12FN3O2. The average Bonchev–Trinajstić information content (AvgIpc) is 2.26. The minimum absolute atomic E-state index is 0.277. The zero-order chi connectivity index (χ0) is 12.0. The van der Waals surface area contributed by atoms with Gasteiger partial charge in [0.1, 0.15) is 11.5 Å². The molecule has 0 spiro atoms. The number of nitrogens with zero attached hydrogens (tertiary/aromatic N) is 1. The van der Waals surface area contributed by atoms with Crippen LogP contribution in [0.2, 0.25) is 0 Å². The minimum Gasteiger partial charge on any atom is -0.376 e. The molecule has 0 aromatic heterocycles. The largest absolute Gasteiger partial charge is 0.376 e. The second kappa shape index (κ2) is 5.82. The van der Waals surface area contributed by atoms with E-state index < -0.39 is 10.7 Å². The zero-order valence-electron chi connectivity index (χ0n) is 8.52. The van der Waals surface area contributed by atoms with E-state index in [9.17, 15) is 14.5 Å². The first kappa shape index (κ1) is 12.1. The van der Waals surface area contributed by atoms with E-state index in [0.717, 1.165) is 6.07 Å². The standard InChI is InChI=1S/C10H12FN3O2/c11-8-3-4-9(10(7-8)14(15)16)13-6-2-1-5-12/h1-4,7,13H,5-6,12H2/b2-1+.